The molecule has 0 aliphatic heterocycles. The van der Waals surface area contributed by atoms with Crippen molar-refractivity contribution in [3.8, 4) is 0 Å². The normalized spacial score (nSPS) is 12.3. The molecule has 0 saturated carbocycles. The van der Waals surface area contributed by atoms with Gasteiger partial charge >= 0.3 is 0 Å². The van der Waals surface area contributed by atoms with E-state index >= 15 is 0 Å². The summed E-state index contributed by atoms with van der Waals surface area (Å²) < 4.78 is 1.16. The Morgan fingerprint density at radius 3 is 2.63 bits per heavy atom. The van der Waals surface area contributed by atoms with E-state index in [-0.39, 0.29) is 30.1 Å². The minimum Gasteiger partial charge on any atom is -0.381 e. The van der Waals surface area contributed by atoms with Crippen LogP contribution in [0.25, 0.3) is 0 Å². The van der Waals surface area contributed by atoms with Crippen LogP contribution in [0, 0.1) is 0 Å². The number of nitrogens with one attached hydrogen (secondary N) is 2. The van der Waals surface area contributed by atoms with E-state index in [9.17, 15) is 9.59 Å². The Kier molecular flexibility index (Phi) is 5.54. The second kappa shape index (κ2) is 6.92. The van der Waals surface area contributed by atoms with Gasteiger partial charge in [0.05, 0.1) is 11.9 Å². The maximum absolute atomic E-state index is 11.8. The number of carbonyl (C=O) groups is 1. The van der Waals surface area contributed by atoms with Crippen molar-refractivity contribution < 1.29 is 4.79 Å². The predicted molar refractivity (Wildman–Crippen MR) is 75.2 cm³/mol. The first-order valence-corrected chi connectivity index (χ1v) is 6.55. The van der Waals surface area contributed by atoms with Crippen LogP contribution < -0.4 is 16.2 Å². The van der Waals surface area contributed by atoms with Crippen LogP contribution in [-0.4, -0.2) is 27.8 Å². The van der Waals surface area contributed by atoms with Crippen molar-refractivity contribution >= 4 is 11.6 Å². The van der Waals surface area contributed by atoms with Crippen molar-refractivity contribution in [3.05, 3.63) is 22.6 Å². The Morgan fingerprint density at radius 2 is 2.11 bits per heavy atom. The van der Waals surface area contributed by atoms with E-state index in [0.29, 0.717) is 5.69 Å². The molecule has 6 nitrogen and oxygen atoms in total. The molecule has 0 saturated heterocycles. The molecule has 2 N–H and O–H groups in total. The summed E-state index contributed by atoms with van der Waals surface area (Å²) in [7, 11) is 0. The van der Waals surface area contributed by atoms with Crippen molar-refractivity contribution in [2.75, 3.05) is 5.32 Å². The molecule has 1 unspecified atom stereocenters. The maximum atomic E-state index is 11.8. The van der Waals surface area contributed by atoms with Gasteiger partial charge in [0.25, 0.3) is 5.56 Å². The summed E-state index contributed by atoms with van der Waals surface area (Å²) in [6.45, 7) is 7.81. The lowest BCUT2D eigenvalue weighted by atomic mass is 10.2. The summed E-state index contributed by atoms with van der Waals surface area (Å²) in [6, 6.07) is 1.78. The third-order valence-corrected chi connectivity index (χ3v) is 2.64. The monoisotopic (exact) mass is 266 g/mol. The maximum Gasteiger partial charge on any atom is 0.269 e. The lowest BCUT2D eigenvalue weighted by molar-refractivity contribution is -0.122. The molecule has 1 rings (SSSR count). The second-order valence-electron chi connectivity index (χ2n) is 4.92. The summed E-state index contributed by atoms with van der Waals surface area (Å²) >= 11 is 0. The van der Waals surface area contributed by atoms with Gasteiger partial charge in [-0.25, -0.2) is 4.68 Å². The van der Waals surface area contributed by atoms with Crippen molar-refractivity contribution in [2.45, 2.75) is 52.7 Å². The minimum absolute atomic E-state index is 0.0505. The first-order chi connectivity index (χ1) is 8.92. The topological polar surface area (TPSA) is 76.0 Å². The highest BCUT2D eigenvalue weighted by molar-refractivity contribution is 5.75. The van der Waals surface area contributed by atoms with Gasteiger partial charge in [0, 0.05) is 18.2 Å². The van der Waals surface area contributed by atoms with Gasteiger partial charge in [-0.05, 0) is 27.2 Å². The summed E-state index contributed by atoms with van der Waals surface area (Å²) in [5.41, 5.74) is 0.378. The zero-order valence-electron chi connectivity index (χ0n) is 11.9. The molecule has 1 aromatic heterocycles. The molecule has 6 heteroatoms. The number of hydrogen-bond donors (Lipinski definition) is 2. The Hall–Kier alpha value is -1.85. The number of aromatic nitrogens is 2. The largest absolute Gasteiger partial charge is 0.381 e. The number of nitrogens with zero attached hydrogens (tertiary/aromatic N) is 2. The summed E-state index contributed by atoms with van der Waals surface area (Å²) in [5, 5.41) is 9.87. The molecular weight excluding hydrogens is 244 g/mol. The fraction of sp³-hybridized carbons (Fsp3) is 0.615. The average Bonchev–Trinajstić information content (AvgIpc) is 2.31. The molecule has 0 spiro atoms. The van der Waals surface area contributed by atoms with Crippen LogP contribution in [0.4, 0.5) is 5.69 Å². The molecule has 0 bridgehead atoms. The molecule has 19 heavy (non-hydrogen) atoms. The Labute approximate surface area is 113 Å². The van der Waals surface area contributed by atoms with E-state index in [1.54, 1.807) is 6.20 Å². The van der Waals surface area contributed by atoms with Gasteiger partial charge in [0.2, 0.25) is 5.91 Å². The highest BCUT2D eigenvalue weighted by atomic mass is 16.2. The summed E-state index contributed by atoms with van der Waals surface area (Å²) in [4.78, 5) is 23.5. The third kappa shape index (κ3) is 5.11. The molecule has 0 radical (unpaired) electrons. The summed E-state index contributed by atoms with van der Waals surface area (Å²) in [6.07, 6.45) is 2.41. The van der Waals surface area contributed by atoms with Crippen LogP contribution in [-0.2, 0) is 11.3 Å². The fourth-order valence-corrected chi connectivity index (χ4v) is 1.52. The number of anilines is 1. The Bertz CT molecular complexity index is 482. The van der Waals surface area contributed by atoms with Crippen LogP contribution >= 0.6 is 0 Å². The van der Waals surface area contributed by atoms with Crippen molar-refractivity contribution in [2.24, 2.45) is 0 Å². The molecule has 0 aromatic carbocycles. The zero-order valence-corrected chi connectivity index (χ0v) is 11.9. The third-order valence-electron chi connectivity index (χ3n) is 2.64. The highest BCUT2D eigenvalue weighted by Gasteiger charge is 2.08. The van der Waals surface area contributed by atoms with Gasteiger partial charge in [-0.2, -0.15) is 5.10 Å². The van der Waals surface area contributed by atoms with Crippen LogP contribution in [0.15, 0.2) is 17.1 Å². The van der Waals surface area contributed by atoms with Crippen molar-refractivity contribution in [1.82, 2.24) is 15.1 Å². The predicted octanol–water partition coefficient (Wildman–Crippen LogP) is 0.978. The SMILES string of the molecule is CCC(C)NC(=O)Cn1ncc(NC(C)C)cc1=O. The van der Waals surface area contributed by atoms with Gasteiger partial charge < -0.3 is 10.6 Å². The zero-order chi connectivity index (χ0) is 14.4. The number of amides is 1. The molecule has 0 fully saturated rings. The standard InChI is InChI=1S/C13H22N4O2/c1-5-10(4)16-12(18)8-17-13(19)6-11(7-14-17)15-9(2)3/h6-7,9-10,15H,5,8H2,1-4H3,(H,16,18). The first kappa shape index (κ1) is 15.2. The molecule has 1 amide bonds. The number of hydrogen-bond acceptors (Lipinski definition) is 4. The lowest BCUT2D eigenvalue weighted by Crippen LogP contribution is -2.37. The molecular formula is C13H22N4O2. The Balaban J connectivity index is 2.70. The quantitative estimate of drug-likeness (QED) is 0.804. The summed E-state index contributed by atoms with van der Waals surface area (Å²) in [5.74, 6) is -0.200. The van der Waals surface area contributed by atoms with E-state index in [1.165, 1.54) is 6.07 Å². The second-order valence-corrected chi connectivity index (χ2v) is 4.92. The lowest BCUT2D eigenvalue weighted by Gasteiger charge is -2.13. The molecule has 106 valence electrons. The smallest absolute Gasteiger partial charge is 0.269 e. The fourth-order valence-electron chi connectivity index (χ4n) is 1.52. The van der Waals surface area contributed by atoms with E-state index < -0.39 is 0 Å². The van der Waals surface area contributed by atoms with Crippen LogP contribution in [0.5, 0.6) is 0 Å². The van der Waals surface area contributed by atoms with Crippen LogP contribution in [0.2, 0.25) is 0 Å². The Morgan fingerprint density at radius 1 is 1.42 bits per heavy atom. The number of carbonyl (C=O) groups excluding carboxylic acids is 1. The molecule has 0 aliphatic rings. The average molecular weight is 266 g/mol. The molecule has 0 aliphatic carbocycles. The van der Waals surface area contributed by atoms with E-state index in [4.69, 9.17) is 0 Å². The van der Waals surface area contributed by atoms with Gasteiger partial charge in [-0.1, -0.05) is 6.92 Å². The van der Waals surface area contributed by atoms with Crippen LogP contribution in [0.1, 0.15) is 34.1 Å². The molecule has 1 heterocycles. The molecule has 1 aromatic rings. The number of rotatable bonds is 6. The van der Waals surface area contributed by atoms with Gasteiger partial charge in [-0.15, -0.1) is 0 Å². The van der Waals surface area contributed by atoms with Gasteiger partial charge in [-0.3, -0.25) is 9.59 Å². The highest BCUT2D eigenvalue weighted by Crippen LogP contribution is 2.01. The van der Waals surface area contributed by atoms with E-state index in [1.807, 2.05) is 27.7 Å². The van der Waals surface area contributed by atoms with Gasteiger partial charge in [0.15, 0.2) is 0 Å². The molecule has 1 atom stereocenters. The van der Waals surface area contributed by atoms with Crippen LogP contribution in [0.3, 0.4) is 0 Å². The van der Waals surface area contributed by atoms with E-state index in [0.717, 1.165) is 11.1 Å². The minimum atomic E-state index is -0.287. The van der Waals surface area contributed by atoms with Crippen molar-refractivity contribution in [3.63, 3.8) is 0 Å². The van der Waals surface area contributed by atoms with Gasteiger partial charge in [0.1, 0.15) is 6.54 Å². The first-order valence-electron chi connectivity index (χ1n) is 6.55. The van der Waals surface area contributed by atoms with E-state index in [2.05, 4.69) is 15.7 Å². The van der Waals surface area contributed by atoms with Crippen molar-refractivity contribution in [1.29, 1.82) is 0 Å².